The quantitative estimate of drug-likeness (QED) is 0.447. The highest BCUT2D eigenvalue weighted by molar-refractivity contribution is 7.92. The molecular formula is C24H25ClN2O3S. The zero-order chi connectivity index (χ0) is 22.4. The van der Waals surface area contributed by atoms with E-state index >= 15 is 0 Å². The van der Waals surface area contributed by atoms with Crippen molar-refractivity contribution in [3.05, 3.63) is 88.9 Å². The second-order valence-electron chi connectivity index (χ2n) is 7.55. The minimum atomic E-state index is -3.78. The van der Waals surface area contributed by atoms with Crippen molar-refractivity contribution in [2.75, 3.05) is 10.0 Å². The summed E-state index contributed by atoms with van der Waals surface area (Å²) in [6, 6.07) is 20.9. The molecule has 0 spiro atoms. The predicted molar refractivity (Wildman–Crippen MR) is 126 cm³/mol. The van der Waals surface area contributed by atoms with Crippen molar-refractivity contribution in [2.45, 2.75) is 37.5 Å². The highest BCUT2D eigenvalue weighted by atomic mass is 35.5. The zero-order valence-corrected chi connectivity index (χ0v) is 19.0. The van der Waals surface area contributed by atoms with Crippen LogP contribution in [0.4, 0.5) is 11.4 Å². The molecule has 3 aromatic rings. The minimum Gasteiger partial charge on any atom is -0.326 e. The highest BCUT2D eigenvalue weighted by Gasteiger charge is 2.15. The van der Waals surface area contributed by atoms with Gasteiger partial charge in [0, 0.05) is 12.1 Å². The standard InChI is InChI=1S/C24H25ClN2O3S/c1-17(2)19-10-7-18(8-11-19)9-16-24(28)26-20-12-14-21(15-13-20)31(29,30)27-23-6-4-3-5-22(23)25/h3-8,10-15,17,27H,9,16H2,1-2H3,(H,26,28). The van der Waals surface area contributed by atoms with Gasteiger partial charge in [-0.1, -0.05) is 61.8 Å². The topological polar surface area (TPSA) is 75.3 Å². The molecule has 0 unspecified atom stereocenters. The second kappa shape index (κ2) is 9.98. The van der Waals surface area contributed by atoms with E-state index in [4.69, 9.17) is 11.6 Å². The van der Waals surface area contributed by atoms with Crippen LogP contribution in [0.15, 0.2) is 77.7 Å². The lowest BCUT2D eigenvalue weighted by molar-refractivity contribution is -0.116. The molecule has 0 aromatic heterocycles. The number of aryl methyl sites for hydroxylation is 1. The lowest BCUT2D eigenvalue weighted by Gasteiger charge is -2.11. The van der Waals surface area contributed by atoms with Crippen molar-refractivity contribution in [1.82, 2.24) is 0 Å². The number of rotatable bonds is 8. The molecule has 0 atom stereocenters. The van der Waals surface area contributed by atoms with E-state index in [1.54, 1.807) is 36.4 Å². The van der Waals surface area contributed by atoms with Crippen LogP contribution in [0.1, 0.15) is 37.3 Å². The first-order valence-corrected chi connectivity index (χ1v) is 11.9. The van der Waals surface area contributed by atoms with Gasteiger partial charge in [0.15, 0.2) is 0 Å². The van der Waals surface area contributed by atoms with Crippen LogP contribution >= 0.6 is 11.6 Å². The number of halogens is 1. The highest BCUT2D eigenvalue weighted by Crippen LogP contribution is 2.24. The Bertz CT molecular complexity index is 1140. The summed E-state index contributed by atoms with van der Waals surface area (Å²) in [5.74, 6) is 0.349. The normalized spacial score (nSPS) is 11.4. The molecule has 5 nitrogen and oxygen atoms in total. The van der Waals surface area contributed by atoms with Crippen molar-refractivity contribution < 1.29 is 13.2 Å². The maximum atomic E-state index is 12.6. The number of anilines is 2. The number of hydrogen-bond acceptors (Lipinski definition) is 3. The summed E-state index contributed by atoms with van der Waals surface area (Å²) in [4.78, 5) is 12.3. The second-order valence-corrected chi connectivity index (χ2v) is 9.64. The average Bonchev–Trinajstić information content (AvgIpc) is 2.74. The van der Waals surface area contributed by atoms with Crippen LogP contribution in [0.25, 0.3) is 0 Å². The molecule has 0 aliphatic carbocycles. The van der Waals surface area contributed by atoms with Crippen LogP contribution in [0.3, 0.4) is 0 Å². The van der Waals surface area contributed by atoms with E-state index < -0.39 is 10.0 Å². The average molecular weight is 457 g/mol. The van der Waals surface area contributed by atoms with Crippen LogP contribution < -0.4 is 10.0 Å². The Hall–Kier alpha value is -2.83. The van der Waals surface area contributed by atoms with Gasteiger partial charge in [0.05, 0.1) is 15.6 Å². The Morgan fingerprint density at radius 2 is 1.58 bits per heavy atom. The summed E-state index contributed by atoms with van der Waals surface area (Å²) in [6.45, 7) is 4.29. The van der Waals surface area contributed by atoms with E-state index in [-0.39, 0.29) is 10.8 Å². The summed E-state index contributed by atoms with van der Waals surface area (Å²) in [5.41, 5.74) is 3.22. The molecule has 0 fully saturated rings. The van der Waals surface area contributed by atoms with Gasteiger partial charge in [0.2, 0.25) is 5.91 Å². The van der Waals surface area contributed by atoms with Gasteiger partial charge in [-0.25, -0.2) is 8.42 Å². The van der Waals surface area contributed by atoms with Crippen LogP contribution in [-0.2, 0) is 21.2 Å². The van der Waals surface area contributed by atoms with Gasteiger partial charge in [-0.05, 0) is 59.9 Å². The summed E-state index contributed by atoms with van der Waals surface area (Å²) in [6.07, 6.45) is 0.980. The van der Waals surface area contributed by atoms with Crippen LogP contribution in [0.5, 0.6) is 0 Å². The van der Waals surface area contributed by atoms with Gasteiger partial charge in [-0.2, -0.15) is 0 Å². The number of para-hydroxylation sites is 1. The molecular weight excluding hydrogens is 432 g/mol. The lowest BCUT2D eigenvalue weighted by Crippen LogP contribution is -2.14. The molecule has 0 aliphatic rings. The van der Waals surface area contributed by atoms with Crippen LogP contribution in [0.2, 0.25) is 5.02 Å². The van der Waals surface area contributed by atoms with E-state index in [9.17, 15) is 13.2 Å². The smallest absolute Gasteiger partial charge is 0.261 e. The fourth-order valence-electron chi connectivity index (χ4n) is 3.02. The van der Waals surface area contributed by atoms with Crippen LogP contribution in [-0.4, -0.2) is 14.3 Å². The van der Waals surface area contributed by atoms with E-state index in [1.165, 1.54) is 17.7 Å². The third-order valence-electron chi connectivity index (χ3n) is 4.85. The summed E-state index contributed by atoms with van der Waals surface area (Å²) in [5, 5.41) is 3.12. The molecule has 0 radical (unpaired) electrons. The maximum Gasteiger partial charge on any atom is 0.261 e. The number of carbonyl (C=O) groups is 1. The largest absolute Gasteiger partial charge is 0.326 e. The van der Waals surface area contributed by atoms with Crippen molar-refractivity contribution in [1.29, 1.82) is 0 Å². The number of hydrogen-bond donors (Lipinski definition) is 2. The molecule has 0 saturated carbocycles. The molecule has 3 aromatic carbocycles. The fourth-order valence-corrected chi connectivity index (χ4v) is 4.33. The van der Waals surface area contributed by atoms with Crippen molar-refractivity contribution in [2.24, 2.45) is 0 Å². The summed E-state index contributed by atoms with van der Waals surface area (Å²) < 4.78 is 27.6. The van der Waals surface area contributed by atoms with Gasteiger partial charge in [0.25, 0.3) is 10.0 Å². The van der Waals surface area contributed by atoms with E-state index in [1.807, 2.05) is 12.1 Å². The molecule has 1 amide bonds. The molecule has 3 rings (SSSR count). The monoisotopic (exact) mass is 456 g/mol. The molecule has 0 heterocycles. The van der Waals surface area contributed by atoms with Crippen molar-refractivity contribution in [3.8, 4) is 0 Å². The maximum absolute atomic E-state index is 12.6. The first-order valence-electron chi connectivity index (χ1n) is 10.0. The fraction of sp³-hybridized carbons (Fsp3) is 0.208. The van der Waals surface area contributed by atoms with E-state index in [0.29, 0.717) is 35.2 Å². The predicted octanol–water partition coefficient (Wildman–Crippen LogP) is 5.84. The minimum absolute atomic E-state index is 0.0793. The number of nitrogens with one attached hydrogen (secondary N) is 2. The van der Waals surface area contributed by atoms with Gasteiger partial charge >= 0.3 is 0 Å². The SMILES string of the molecule is CC(C)c1ccc(CCC(=O)Nc2ccc(S(=O)(=O)Nc3ccccc3Cl)cc2)cc1. The van der Waals surface area contributed by atoms with Gasteiger partial charge in [0.1, 0.15) is 0 Å². The first-order chi connectivity index (χ1) is 14.7. The zero-order valence-electron chi connectivity index (χ0n) is 17.4. The Labute approximate surface area is 188 Å². The first kappa shape index (κ1) is 22.8. The summed E-state index contributed by atoms with van der Waals surface area (Å²) >= 11 is 6.02. The van der Waals surface area contributed by atoms with Gasteiger partial charge < -0.3 is 5.32 Å². The third-order valence-corrected chi connectivity index (χ3v) is 6.56. The Balaban J connectivity index is 1.57. The number of sulfonamides is 1. The van der Waals surface area contributed by atoms with Crippen molar-refractivity contribution in [3.63, 3.8) is 0 Å². The molecule has 2 N–H and O–H groups in total. The molecule has 31 heavy (non-hydrogen) atoms. The molecule has 7 heteroatoms. The van der Waals surface area contributed by atoms with Gasteiger partial charge in [-0.3, -0.25) is 9.52 Å². The molecule has 0 saturated heterocycles. The third kappa shape index (κ3) is 6.32. The van der Waals surface area contributed by atoms with E-state index in [0.717, 1.165) is 5.56 Å². The molecule has 162 valence electrons. The Morgan fingerprint density at radius 1 is 0.935 bits per heavy atom. The molecule has 0 bridgehead atoms. The van der Waals surface area contributed by atoms with Gasteiger partial charge in [-0.15, -0.1) is 0 Å². The lowest BCUT2D eigenvalue weighted by atomic mass is 10.0. The number of carbonyl (C=O) groups excluding carboxylic acids is 1. The van der Waals surface area contributed by atoms with Crippen LogP contribution in [0, 0.1) is 0 Å². The molecule has 0 aliphatic heterocycles. The number of benzene rings is 3. The Kier molecular flexibility index (Phi) is 7.36. The van der Waals surface area contributed by atoms with E-state index in [2.05, 4.69) is 36.0 Å². The number of amides is 1. The Morgan fingerprint density at radius 3 is 2.19 bits per heavy atom. The van der Waals surface area contributed by atoms with Crippen molar-refractivity contribution >= 4 is 38.9 Å². The summed E-state index contributed by atoms with van der Waals surface area (Å²) in [7, 11) is -3.78.